The van der Waals surface area contributed by atoms with E-state index in [1.54, 1.807) is 22.3 Å². The summed E-state index contributed by atoms with van der Waals surface area (Å²) >= 11 is 1.76. The van der Waals surface area contributed by atoms with Crippen LogP contribution in [0.25, 0.3) is 0 Å². The van der Waals surface area contributed by atoms with E-state index in [1.165, 1.54) is 16.0 Å². The molecule has 1 aliphatic heterocycles. The van der Waals surface area contributed by atoms with E-state index in [9.17, 15) is 9.59 Å². The van der Waals surface area contributed by atoms with Gasteiger partial charge in [0.05, 0.1) is 6.04 Å². The molecule has 0 N–H and O–H groups in total. The summed E-state index contributed by atoms with van der Waals surface area (Å²) < 4.78 is 0. The van der Waals surface area contributed by atoms with E-state index in [0.29, 0.717) is 13.1 Å². The first-order valence-electron chi connectivity index (χ1n) is 10.0. The smallest absolute Gasteiger partial charge is 0.243 e. The van der Waals surface area contributed by atoms with Crippen molar-refractivity contribution in [1.82, 2.24) is 9.80 Å². The maximum atomic E-state index is 13.4. The topological polar surface area (TPSA) is 40.6 Å². The molecule has 0 fully saturated rings. The summed E-state index contributed by atoms with van der Waals surface area (Å²) in [6, 6.07) is 10.4. The lowest BCUT2D eigenvalue weighted by Gasteiger charge is -2.38. The molecule has 3 rings (SSSR count). The molecule has 154 valence electrons. The fraction of sp³-hybridized carbons (Fsp3) is 0.417. The minimum Gasteiger partial charge on any atom is -0.330 e. The zero-order chi connectivity index (χ0) is 21.2. The van der Waals surface area contributed by atoms with Gasteiger partial charge in [0.1, 0.15) is 6.54 Å². The highest BCUT2D eigenvalue weighted by atomic mass is 32.1. The number of benzene rings is 1. The molecule has 29 heavy (non-hydrogen) atoms. The molecule has 0 aliphatic carbocycles. The van der Waals surface area contributed by atoms with E-state index in [4.69, 9.17) is 0 Å². The first kappa shape index (κ1) is 21.3. The van der Waals surface area contributed by atoms with Crippen LogP contribution in [0, 0.1) is 12.3 Å². The first-order valence-corrected chi connectivity index (χ1v) is 10.9. The Kier molecular flexibility index (Phi) is 6.27. The maximum Gasteiger partial charge on any atom is 0.243 e. The van der Waals surface area contributed by atoms with E-state index in [1.807, 2.05) is 25.7 Å². The number of thiophene rings is 1. The molecule has 1 aromatic carbocycles. The minimum absolute atomic E-state index is 0.0214. The first-order chi connectivity index (χ1) is 13.7. The second-order valence-electron chi connectivity index (χ2n) is 8.67. The van der Waals surface area contributed by atoms with Crippen LogP contribution in [0.4, 0.5) is 0 Å². The van der Waals surface area contributed by atoms with E-state index in [-0.39, 0.29) is 24.4 Å². The summed E-state index contributed by atoms with van der Waals surface area (Å²) in [7, 11) is 0. The number of amides is 2. The number of carbonyl (C=O) groups excluding carboxylic acids is 2. The Balaban J connectivity index is 1.90. The van der Waals surface area contributed by atoms with Crippen LogP contribution in [0.15, 0.2) is 48.4 Å². The average molecular weight is 411 g/mol. The molecule has 1 aromatic heterocycles. The number of nitrogens with zero attached hydrogens (tertiary/aromatic N) is 2. The number of rotatable bonds is 5. The molecule has 0 bridgehead atoms. The summed E-state index contributed by atoms with van der Waals surface area (Å²) in [6.07, 6.45) is 2.54. The van der Waals surface area contributed by atoms with Crippen LogP contribution in [0.5, 0.6) is 0 Å². The Hall–Kier alpha value is -2.40. The summed E-state index contributed by atoms with van der Waals surface area (Å²) in [5.41, 5.74) is 2.97. The van der Waals surface area contributed by atoms with Gasteiger partial charge in [0.15, 0.2) is 0 Å². The molecular formula is C24H30N2O2S. The van der Waals surface area contributed by atoms with Gasteiger partial charge in [0.25, 0.3) is 0 Å². The molecule has 5 heteroatoms. The molecule has 4 nitrogen and oxygen atoms in total. The normalized spacial score (nSPS) is 16.3. The molecule has 2 aromatic rings. The third kappa shape index (κ3) is 4.61. The molecule has 2 amide bonds. The van der Waals surface area contributed by atoms with Crippen molar-refractivity contribution < 1.29 is 9.59 Å². The van der Waals surface area contributed by atoms with Crippen molar-refractivity contribution in [3.8, 4) is 0 Å². The summed E-state index contributed by atoms with van der Waals surface area (Å²) in [6.45, 7) is 12.6. The molecule has 0 spiro atoms. The minimum atomic E-state index is -0.540. The van der Waals surface area contributed by atoms with E-state index >= 15 is 0 Å². The van der Waals surface area contributed by atoms with Crippen molar-refractivity contribution in [1.29, 1.82) is 0 Å². The van der Waals surface area contributed by atoms with Crippen LogP contribution in [-0.4, -0.2) is 41.2 Å². The number of aryl methyl sites for hydroxylation is 1. The Morgan fingerprint density at radius 2 is 1.93 bits per heavy atom. The Bertz CT molecular complexity index is 892. The van der Waals surface area contributed by atoms with Crippen LogP contribution in [0.2, 0.25) is 0 Å². The zero-order valence-corrected chi connectivity index (χ0v) is 18.6. The van der Waals surface area contributed by atoms with Gasteiger partial charge in [0, 0.05) is 23.4 Å². The lowest BCUT2D eigenvalue weighted by atomic mass is 9.92. The number of hydrogen-bond donors (Lipinski definition) is 0. The molecule has 0 saturated heterocycles. The molecule has 0 unspecified atom stereocenters. The third-order valence-corrected chi connectivity index (χ3v) is 6.28. The van der Waals surface area contributed by atoms with Crippen LogP contribution in [0.1, 0.15) is 48.4 Å². The quantitative estimate of drug-likeness (QED) is 0.677. The molecule has 1 atom stereocenters. The largest absolute Gasteiger partial charge is 0.330 e. The summed E-state index contributed by atoms with van der Waals surface area (Å²) in [5.74, 6) is -0.0576. The Labute approximate surface area is 177 Å². The predicted molar refractivity (Wildman–Crippen MR) is 119 cm³/mol. The predicted octanol–water partition coefficient (Wildman–Crippen LogP) is 4.59. The SMILES string of the molecule is C=CCN(CC(=O)N1CCc2sccc2[C@@H]1c1ccc(C)cc1)C(=O)C(C)(C)C. The highest BCUT2D eigenvalue weighted by Crippen LogP contribution is 2.38. The highest BCUT2D eigenvalue weighted by molar-refractivity contribution is 7.10. The van der Waals surface area contributed by atoms with Gasteiger partial charge < -0.3 is 9.80 Å². The maximum absolute atomic E-state index is 13.4. The van der Waals surface area contributed by atoms with Crippen LogP contribution >= 0.6 is 11.3 Å². The van der Waals surface area contributed by atoms with Crippen LogP contribution in [-0.2, 0) is 16.0 Å². The van der Waals surface area contributed by atoms with E-state index < -0.39 is 5.41 Å². The molecule has 0 saturated carbocycles. The fourth-order valence-electron chi connectivity index (χ4n) is 3.80. The van der Waals surface area contributed by atoms with Crippen LogP contribution in [0.3, 0.4) is 0 Å². The van der Waals surface area contributed by atoms with Gasteiger partial charge in [0.2, 0.25) is 11.8 Å². The number of hydrogen-bond acceptors (Lipinski definition) is 3. The standard InChI is InChI=1S/C24H30N2O2S/c1-6-13-25(23(28)24(3,4)5)16-21(27)26-14-11-20-19(12-15-29-20)22(26)18-9-7-17(2)8-10-18/h6-10,12,15,22H,1,11,13-14,16H2,2-5H3/t22-/m0/s1. The van der Waals surface area contributed by atoms with E-state index in [0.717, 1.165) is 12.0 Å². The molecule has 1 aliphatic rings. The number of fused-ring (bicyclic) bond motifs is 1. The van der Waals surface area contributed by atoms with Gasteiger partial charge in [-0.25, -0.2) is 0 Å². The monoisotopic (exact) mass is 410 g/mol. The van der Waals surface area contributed by atoms with Gasteiger partial charge in [-0.2, -0.15) is 0 Å². The van der Waals surface area contributed by atoms with Gasteiger partial charge in [-0.15, -0.1) is 17.9 Å². The summed E-state index contributed by atoms with van der Waals surface area (Å²) in [5, 5.41) is 2.10. The highest BCUT2D eigenvalue weighted by Gasteiger charge is 2.35. The van der Waals surface area contributed by atoms with Gasteiger partial charge >= 0.3 is 0 Å². The van der Waals surface area contributed by atoms with Crippen molar-refractivity contribution in [3.63, 3.8) is 0 Å². The average Bonchev–Trinajstić information content (AvgIpc) is 3.15. The molecule has 2 heterocycles. The van der Waals surface area contributed by atoms with Crippen molar-refractivity contribution in [2.24, 2.45) is 5.41 Å². The van der Waals surface area contributed by atoms with Gasteiger partial charge in [-0.05, 0) is 35.9 Å². The lowest BCUT2D eigenvalue weighted by Crippen LogP contribution is -2.49. The van der Waals surface area contributed by atoms with E-state index in [2.05, 4.69) is 49.2 Å². The lowest BCUT2D eigenvalue weighted by molar-refractivity contribution is -0.145. The van der Waals surface area contributed by atoms with Gasteiger partial charge in [-0.3, -0.25) is 9.59 Å². The third-order valence-electron chi connectivity index (χ3n) is 5.28. The number of carbonyl (C=O) groups is 2. The molecular weight excluding hydrogens is 380 g/mol. The van der Waals surface area contributed by atoms with Crippen molar-refractivity contribution in [3.05, 3.63) is 69.9 Å². The van der Waals surface area contributed by atoms with Crippen molar-refractivity contribution in [2.45, 2.75) is 40.2 Å². The van der Waals surface area contributed by atoms with Crippen LogP contribution < -0.4 is 0 Å². The zero-order valence-electron chi connectivity index (χ0n) is 17.8. The second-order valence-corrected chi connectivity index (χ2v) is 9.67. The van der Waals surface area contributed by atoms with Crippen molar-refractivity contribution in [2.75, 3.05) is 19.6 Å². The van der Waals surface area contributed by atoms with Gasteiger partial charge in [-0.1, -0.05) is 56.7 Å². The molecule has 0 radical (unpaired) electrons. The Morgan fingerprint density at radius 1 is 1.24 bits per heavy atom. The fourth-order valence-corrected chi connectivity index (χ4v) is 4.70. The van der Waals surface area contributed by atoms with Crippen molar-refractivity contribution >= 4 is 23.2 Å². The summed E-state index contributed by atoms with van der Waals surface area (Å²) in [4.78, 5) is 31.1. The second kappa shape index (κ2) is 8.54. The Morgan fingerprint density at radius 3 is 2.55 bits per heavy atom.